The lowest BCUT2D eigenvalue weighted by Gasteiger charge is -2.19. The summed E-state index contributed by atoms with van der Waals surface area (Å²) in [5.41, 5.74) is 4.16. The third kappa shape index (κ3) is 3.52. The first kappa shape index (κ1) is 15.5. The minimum atomic E-state index is -0.0486. The number of pyridine rings is 1. The summed E-state index contributed by atoms with van der Waals surface area (Å²) >= 11 is 0. The molecule has 0 atom stereocenters. The van der Waals surface area contributed by atoms with Crippen LogP contribution in [-0.4, -0.2) is 24.0 Å². The van der Waals surface area contributed by atoms with Gasteiger partial charge in [-0.2, -0.15) is 0 Å². The van der Waals surface area contributed by atoms with Gasteiger partial charge < -0.3 is 10.2 Å². The Hall–Kier alpha value is -2.36. The van der Waals surface area contributed by atoms with Crippen LogP contribution in [0.1, 0.15) is 36.2 Å². The second-order valence-corrected chi connectivity index (χ2v) is 6.40. The summed E-state index contributed by atoms with van der Waals surface area (Å²) in [5, 5.41) is 2.97. The molecule has 1 aliphatic rings. The van der Waals surface area contributed by atoms with Gasteiger partial charge in [-0.1, -0.05) is 32.0 Å². The summed E-state index contributed by atoms with van der Waals surface area (Å²) in [6.45, 7) is 5.94. The molecule has 0 aliphatic carbocycles. The summed E-state index contributed by atoms with van der Waals surface area (Å²) in [6.07, 6.45) is 5.47. The number of para-hydroxylation sites is 1. The number of carbonyl (C=O) groups is 1. The number of carbonyl (C=O) groups excluding carboxylic acids is 1. The van der Waals surface area contributed by atoms with E-state index in [1.165, 1.54) is 11.3 Å². The van der Waals surface area contributed by atoms with E-state index in [-0.39, 0.29) is 5.91 Å². The third-order valence-corrected chi connectivity index (χ3v) is 4.19. The van der Waals surface area contributed by atoms with Crippen LogP contribution in [-0.2, 0) is 6.42 Å². The van der Waals surface area contributed by atoms with E-state index in [4.69, 9.17) is 0 Å². The summed E-state index contributed by atoms with van der Waals surface area (Å²) in [5.74, 6) is 0.536. The first-order chi connectivity index (χ1) is 11.1. The molecule has 120 valence electrons. The Morgan fingerprint density at radius 2 is 2.13 bits per heavy atom. The van der Waals surface area contributed by atoms with Gasteiger partial charge in [0.2, 0.25) is 0 Å². The second-order valence-electron chi connectivity index (χ2n) is 6.40. The van der Waals surface area contributed by atoms with E-state index in [0.29, 0.717) is 18.0 Å². The number of hydrogen-bond acceptors (Lipinski definition) is 3. The van der Waals surface area contributed by atoms with Gasteiger partial charge in [0.05, 0.1) is 17.4 Å². The fourth-order valence-electron chi connectivity index (χ4n) is 2.88. The summed E-state index contributed by atoms with van der Waals surface area (Å²) in [6, 6.07) is 10.3. The normalized spacial score (nSPS) is 13.3. The average Bonchev–Trinajstić information content (AvgIpc) is 2.98. The van der Waals surface area contributed by atoms with E-state index in [1.54, 1.807) is 6.20 Å². The molecule has 2 aromatic rings. The topological polar surface area (TPSA) is 45.2 Å². The zero-order valence-electron chi connectivity index (χ0n) is 13.7. The molecular formula is C19H23N3O. The van der Waals surface area contributed by atoms with Crippen molar-refractivity contribution >= 4 is 17.3 Å². The van der Waals surface area contributed by atoms with Crippen LogP contribution in [0.3, 0.4) is 0 Å². The molecule has 1 amide bonds. The molecule has 0 spiro atoms. The van der Waals surface area contributed by atoms with Crippen LogP contribution in [0.25, 0.3) is 0 Å². The predicted molar refractivity (Wildman–Crippen MR) is 93.2 cm³/mol. The Morgan fingerprint density at radius 1 is 1.30 bits per heavy atom. The molecule has 1 aliphatic heterocycles. The zero-order chi connectivity index (χ0) is 16.2. The van der Waals surface area contributed by atoms with Crippen molar-refractivity contribution in [3.05, 3.63) is 53.9 Å². The average molecular weight is 309 g/mol. The van der Waals surface area contributed by atoms with E-state index in [1.807, 2.05) is 18.3 Å². The molecule has 0 unspecified atom stereocenters. The maximum Gasteiger partial charge on any atom is 0.252 e. The maximum absolute atomic E-state index is 12.3. The van der Waals surface area contributed by atoms with E-state index >= 15 is 0 Å². The maximum atomic E-state index is 12.3. The Morgan fingerprint density at radius 3 is 2.96 bits per heavy atom. The lowest BCUT2D eigenvalue weighted by molar-refractivity contribution is 0.0951. The van der Waals surface area contributed by atoms with Crippen molar-refractivity contribution < 1.29 is 4.79 Å². The van der Waals surface area contributed by atoms with Gasteiger partial charge in [0.25, 0.3) is 5.91 Å². The lowest BCUT2D eigenvalue weighted by atomic mass is 10.1. The van der Waals surface area contributed by atoms with E-state index in [9.17, 15) is 4.79 Å². The lowest BCUT2D eigenvalue weighted by Crippen LogP contribution is -2.25. The highest BCUT2D eigenvalue weighted by molar-refractivity contribution is 5.95. The van der Waals surface area contributed by atoms with Crippen LogP contribution < -0.4 is 10.2 Å². The van der Waals surface area contributed by atoms with Crippen molar-refractivity contribution in [3.8, 4) is 0 Å². The molecule has 0 bridgehead atoms. The summed E-state index contributed by atoms with van der Waals surface area (Å²) in [4.78, 5) is 18.8. The van der Waals surface area contributed by atoms with Gasteiger partial charge in [0.15, 0.2) is 0 Å². The van der Waals surface area contributed by atoms with Gasteiger partial charge in [-0.15, -0.1) is 0 Å². The monoisotopic (exact) mass is 309 g/mol. The van der Waals surface area contributed by atoms with Crippen molar-refractivity contribution in [3.63, 3.8) is 0 Å². The molecule has 0 saturated carbocycles. The first-order valence-electron chi connectivity index (χ1n) is 8.24. The SMILES string of the molecule is CC(C)CCNC(=O)c1cncc(N2CCc3ccccc32)c1. The van der Waals surface area contributed by atoms with Crippen LogP contribution in [0, 0.1) is 5.92 Å². The number of amides is 1. The molecule has 0 saturated heterocycles. The van der Waals surface area contributed by atoms with Crippen molar-refractivity contribution in [1.82, 2.24) is 10.3 Å². The first-order valence-corrected chi connectivity index (χ1v) is 8.24. The Balaban J connectivity index is 1.75. The molecule has 1 N–H and O–H groups in total. The van der Waals surface area contributed by atoms with Gasteiger partial charge >= 0.3 is 0 Å². The van der Waals surface area contributed by atoms with Gasteiger partial charge in [-0.25, -0.2) is 0 Å². The summed E-state index contributed by atoms with van der Waals surface area (Å²) in [7, 11) is 0. The molecule has 4 nitrogen and oxygen atoms in total. The number of fused-ring (bicyclic) bond motifs is 1. The largest absolute Gasteiger partial charge is 0.352 e. The van der Waals surface area contributed by atoms with Crippen LogP contribution >= 0.6 is 0 Å². The molecule has 0 fully saturated rings. The third-order valence-electron chi connectivity index (χ3n) is 4.19. The quantitative estimate of drug-likeness (QED) is 0.918. The van der Waals surface area contributed by atoms with E-state index < -0.39 is 0 Å². The van der Waals surface area contributed by atoms with Gasteiger partial charge in [0, 0.05) is 25.0 Å². The molecule has 2 heterocycles. The number of rotatable bonds is 5. The minimum absolute atomic E-state index is 0.0486. The molecule has 23 heavy (non-hydrogen) atoms. The Bertz CT molecular complexity index is 697. The number of anilines is 2. The Labute approximate surface area is 137 Å². The summed E-state index contributed by atoms with van der Waals surface area (Å²) < 4.78 is 0. The van der Waals surface area contributed by atoms with Crippen LogP contribution in [0.2, 0.25) is 0 Å². The second kappa shape index (κ2) is 6.82. The zero-order valence-corrected chi connectivity index (χ0v) is 13.7. The predicted octanol–water partition coefficient (Wildman–Crippen LogP) is 3.55. The number of nitrogens with one attached hydrogen (secondary N) is 1. The van der Waals surface area contributed by atoms with Crippen molar-refractivity contribution in [2.45, 2.75) is 26.7 Å². The van der Waals surface area contributed by atoms with Crippen molar-refractivity contribution in [1.29, 1.82) is 0 Å². The number of nitrogens with zero attached hydrogens (tertiary/aromatic N) is 2. The van der Waals surface area contributed by atoms with Crippen LogP contribution in [0.4, 0.5) is 11.4 Å². The van der Waals surface area contributed by atoms with Crippen molar-refractivity contribution in [2.75, 3.05) is 18.0 Å². The van der Waals surface area contributed by atoms with Gasteiger partial charge in [0.1, 0.15) is 0 Å². The smallest absolute Gasteiger partial charge is 0.252 e. The van der Waals surface area contributed by atoms with Crippen LogP contribution in [0.5, 0.6) is 0 Å². The number of benzene rings is 1. The highest BCUT2D eigenvalue weighted by Gasteiger charge is 2.20. The fourth-order valence-corrected chi connectivity index (χ4v) is 2.88. The van der Waals surface area contributed by atoms with E-state index in [0.717, 1.165) is 25.1 Å². The highest BCUT2D eigenvalue weighted by atomic mass is 16.1. The molecule has 4 heteroatoms. The molecule has 1 aromatic heterocycles. The van der Waals surface area contributed by atoms with E-state index in [2.05, 4.69) is 47.2 Å². The van der Waals surface area contributed by atoms with Gasteiger partial charge in [-0.3, -0.25) is 9.78 Å². The molecular weight excluding hydrogens is 286 g/mol. The van der Waals surface area contributed by atoms with Crippen LogP contribution in [0.15, 0.2) is 42.7 Å². The molecule has 3 rings (SSSR count). The van der Waals surface area contributed by atoms with Crippen molar-refractivity contribution in [2.24, 2.45) is 5.92 Å². The number of aromatic nitrogens is 1. The van der Waals surface area contributed by atoms with Gasteiger partial charge in [-0.05, 0) is 36.5 Å². The molecule has 1 aromatic carbocycles. The standard InChI is InChI=1S/C19H23N3O/c1-14(2)7-9-21-19(23)16-11-17(13-20-12-16)22-10-8-15-5-3-4-6-18(15)22/h3-6,11-14H,7-10H2,1-2H3,(H,21,23). The highest BCUT2D eigenvalue weighted by Crippen LogP contribution is 2.33. The minimum Gasteiger partial charge on any atom is -0.352 e. The fraction of sp³-hybridized carbons (Fsp3) is 0.368. The number of hydrogen-bond donors (Lipinski definition) is 1. The Kier molecular flexibility index (Phi) is 4.60. The molecule has 0 radical (unpaired) electrons.